The van der Waals surface area contributed by atoms with E-state index in [-0.39, 0.29) is 0 Å². The van der Waals surface area contributed by atoms with Crippen molar-refractivity contribution < 1.29 is 0 Å². The maximum Gasteiger partial charge on any atom is 0.0738 e. The highest BCUT2D eigenvalue weighted by Crippen LogP contribution is 2.29. The van der Waals surface area contributed by atoms with E-state index in [0.29, 0.717) is 6.42 Å². The second-order valence-corrected chi connectivity index (χ2v) is 6.49. The topological polar surface area (TPSA) is 43.8 Å². The van der Waals surface area contributed by atoms with Crippen molar-refractivity contribution in [3.8, 4) is 0 Å². The largest absolute Gasteiger partial charge is 0.321 e. The van der Waals surface area contributed by atoms with Crippen LogP contribution in [0, 0.1) is 6.92 Å². The van der Waals surface area contributed by atoms with Crippen molar-refractivity contribution in [1.82, 2.24) is 9.78 Å². The Hall–Kier alpha value is -0.840. The van der Waals surface area contributed by atoms with Gasteiger partial charge in [0.25, 0.3) is 0 Å². The Labute approximate surface area is 133 Å². The molecule has 0 aliphatic carbocycles. The minimum Gasteiger partial charge on any atom is -0.321 e. The van der Waals surface area contributed by atoms with Gasteiger partial charge in [-0.25, -0.2) is 0 Å². The van der Waals surface area contributed by atoms with E-state index in [1.807, 2.05) is 42.8 Å². The standard InChI is InChI=1S/C15H19BrClN3/c1-4-20-13(14(16)10(2)19-20)9-15(3,18)11-5-7-12(17)8-6-11/h5-8H,4,9,18H2,1-3H3. The van der Waals surface area contributed by atoms with Crippen molar-refractivity contribution in [2.45, 2.75) is 39.3 Å². The maximum absolute atomic E-state index is 6.52. The second kappa shape index (κ2) is 5.88. The van der Waals surface area contributed by atoms with Crippen LogP contribution in [-0.4, -0.2) is 9.78 Å². The molecule has 1 aromatic carbocycles. The number of halogens is 2. The Kier molecular flexibility index (Phi) is 4.57. The van der Waals surface area contributed by atoms with Crippen molar-refractivity contribution >= 4 is 27.5 Å². The Morgan fingerprint density at radius 3 is 2.50 bits per heavy atom. The van der Waals surface area contributed by atoms with Crippen molar-refractivity contribution in [3.05, 3.63) is 50.7 Å². The molecular weight excluding hydrogens is 338 g/mol. The molecule has 2 aromatic rings. The number of hydrogen-bond donors (Lipinski definition) is 1. The summed E-state index contributed by atoms with van der Waals surface area (Å²) in [4.78, 5) is 0. The summed E-state index contributed by atoms with van der Waals surface area (Å²) in [5, 5.41) is 5.24. The Morgan fingerprint density at radius 1 is 1.35 bits per heavy atom. The van der Waals surface area contributed by atoms with Crippen LogP contribution >= 0.6 is 27.5 Å². The van der Waals surface area contributed by atoms with E-state index in [0.717, 1.165) is 33.0 Å². The second-order valence-electron chi connectivity index (χ2n) is 5.26. The Morgan fingerprint density at radius 2 is 1.95 bits per heavy atom. The third-order valence-corrected chi connectivity index (χ3v) is 4.77. The zero-order chi connectivity index (χ0) is 14.9. The SMILES string of the molecule is CCn1nc(C)c(Br)c1CC(C)(N)c1ccc(Cl)cc1. The highest BCUT2D eigenvalue weighted by Gasteiger charge is 2.26. The molecule has 0 aliphatic rings. The maximum atomic E-state index is 6.52. The number of nitrogens with two attached hydrogens (primary N) is 1. The molecule has 2 rings (SSSR count). The summed E-state index contributed by atoms with van der Waals surface area (Å²) in [6.45, 7) is 6.94. The van der Waals surface area contributed by atoms with Gasteiger partial charge in [0.1, 0.15) is 0 Å². The number of aryl methyl sites for hydroxylation is 2. The van der Waals surface area contributed by atoms with Crippen LogP contribution in [0.1, 0.15) is 30.8 Å². The van der Waals surface area contributed by atoms with Gasteiger partial charge in [-0.05, 0) is 54.4 Å². The molecule has 0 aliphatic heterocycles. The smallest absolute Gasteiger partial charge is 0.0738 e. The summed E-state index contributed by atoms with van der Waals surface area (Å²) in [5.74, 6) is 0. The molecule has 5 heteroatoms. The first-order chi connectivity index (χ1) is 9.35. The van der Waals surface area contributed by atoms with E-state index in [1.165, 1.54) is 0 Å². The van der Waals surface area contributed by atoms with Gasteiger partial charge in [0.15, 0.2) is 0 Å². The number of aromatic nitrogens is 2. The van der Waals surface area contributed by atoms with E-state index in [1.54, 1.807) is 0 Å². The van der Waals surface area contributed by atoms with Crippen LogP contribution in [0.4, 0.5) is 0 Å². The third-order valence-electron chi connectivity index (χ3n) is 3.49. The van der Waals surface area contributed by atoms with E-state index >= 15 is 0 Å². The monoisotopic (exact) mass is 355 g/mol. The fraction of sp³-hybridized carbons (Fsp3) is 0.400. The zero-order valence-electron chi connectivity index (χ0n) is 12.0. The molecule has 3 nitrogen and oxygen atoms in total. The minimum absolute atomic E-state index is 0.466. The molecule has 1 heterocycles. The van der Waals surface area contributed by atoms with Gasteiger partial charge < -0.3 is 5.73 Å². The average molecular weight is 357 g/mol. The number of hydrogen-bond acceptors (Lipinski definition) is 2. The van der Waals surface area contributed by atoms with Crippen molar-refractivity contribution in [3.63, 3.8) is 0 Å². The number of rotatable bonds is 4. The van der Waals surface area contributed by atoms with Gasteiger partial charge in [-0.2, -0.15) is 5.10 Å². The van der Waals surface area contributed by atoms with E-state index < -0.39 is 5.54 Å². The fourth-order valence-corrected chi connectivity index (χ4v) is 2.87. The molecule has 2 N–H and O–H groups in total. The molecule has 20 heavy (non-hydrogen) atoms. The van der Waals surface area contributed by atoms with Gasteiger partial charge in [-0.3, -0.25) is 4.68 Å². The van der Waals surface area contributed by atoms with Crippen LogP contribution in [0.3, 0.4) is 0 Å². The Balaban J connectivity index is 2.35. The van der Waals surface area contributed by atoms with Gasteiger partial charge >= 0.3 is 0 Å². The van der Waals surface area contributed by atoms with Gasteiger partial charge in [-0.1, -0.05) is 23.7 Å². The van der Waals surface area contributed by atoms with Crippen LogP contribution < -0.4 is 5.73 Å². The highest BCUT2D eigenvalue weighted by molar-refractivity contribution is 9.10. The number of nitrogens with zero attached hydrogens (tertiary/aromatic N) is 2. The predicted molar refractivity (Wildman–Crippen MR) is 87.0 cm³/mol. The van der Waals surface area contributed by atoms with Crippen LogP contribution in [0.25, 0.3) is 0 Å². The van der Waals surface area contributed by atoms with E-state index in [4.69, 9.17) is 17.3 Å². The van der Waals surface area contributed by atoms with Gasteiger partial charge in [0.05, 0.1) is 15.9 Å². The van der Waals surface area contributed by atoms with Gasteiger partial charge in [0, 0.05) is 23.5 Å². The zero-order valence-corrected chi connectivity index (χ0v) is 14.3. The summed E-state index contributed by atoms with van der Waals surface area (Å²) in [7, 11) is 0. The van der Waals surface area contributed by atoms with Crippen molar-refractivity contribution in [1.29, 1.82) is 0 Å². The van der Waals surface area contributed by atoms with E-state index in [9.17, 15) is 0 Å². The summed E-state index contributed by atoms with van der Waals surface area (Å²) >= 11 is 9.55. The normalized spacial score (nSPS) is 14.3. The van der Waals surface area contributed by atoms with Crippen LogP contribution in [-0.2, 0) is 18.5 Å². The lowest BCUT2D eigenvalue weighted by Gasteiger charge is -2.26. The van der Waals surface area contributed by atoms with Crippen LogP contribution in [0.15, 0.2) is 28.7 Å². The molecule has 1 unspecified atom stereocenters. The minimum atomic E-state index is -0.466. The first kappa shape index (κ1) is 15.5. The average Bonchev–Trinajstić information content (AvgIpc) is 2.66. The predicted octanol–water partition coefficient (Wildman–Crippen LogP) is 4.04. The summed E-state index contributed by atoms with van der Waals surface area (Å²) in [6.07, 6.45) is 0.712. The lowest BCUT2D eigenvalue weighted by atomic mass is 9.88. The molecule has 0 amide bonds. The van der Waals surface area contributed by atoms with Gasteiger partial charge in [-0.15, -0.1) is 0 Å². The molecule has 0 radical (unpaired) electrons. The molecule has 0 spiro atoms. The fourth-order valence-electron chi connectivity index (χ4n) is 2.32. The van der Waals surface area contributed by atoms with Crippen molar-refractivity contribution in [2.75, 3.05) is 0 Å². The van der Waals surface area contributed by atoms with Crippen molar-refractivity contribution in [2.24, 2.45) is 5.73 Å². The molecule has 0 saturated heterocycles. The summed E-state index contributed by atoms with van der Waals surface area (Å²) in [6, 6.07) is 7.71. The molecule has 0 bridgehead atoms. The first-order valence-corrected chi connectivity index (χ1v) is 7.79. The molecule has 0 fully saturated rings. The lowest BCUT2D eigenvalue weighted by molar-refractivity contribution is 0.463. The number of benzene rings is 1. The lowest BCUT2D eigenvalue weighted by Crippen LogP contribution is -2.36. The summed E-state index contributed by atoms with van der Waals surface area (Å²) in [5.41, 5.74) is 9.24. The van der Waals surface area contributed by atoms with E-state index in [2.05, 4.69) is 28.0 Å². The first-order valence-electron chi connectivity index (χ1n) is 6.62. The molecular formula is C15H19BrClN3. The van der Waals surface area contributed by atoms with Gasteiger partial charge in [0.2, 0.25) is 0 Å². The molecule has 1 aromatic heterocycles. The van der Waals surface area contributed by atoms with Crippen LogP contribution in [0.5, 0.6) is 0 Å². The molecule has 108 valence electrons. The highest BCUT2D eigenvalue weighted by atomic mass is 79.9. The third kappa shape index (κ3) is 3.08. The quantitative estimate of drug-likeness (QED) is 0.898. The summed E-state index contributed by atoms with van der Waals surface area (Å²) < 4.78 is 3.05. The molecule has 0 saturated carbocycles. The molecule has 1 atom stereocenters. The van der Waals surface area contributed by atoms with Crippen LogP contribution in [0.2, 0.25) is 5.02 Å². The Bertz CT molecular complexity index is 602.